The SMILES string of the molecule is O=CNc1cc(-c2ccc(F)cc2)n(-c2ccccn2)n1. The topological polar surface area (TPSA) is 59.8 Å². The van der Waals surface area contributed by atoms with E-state index in [-0.39, 0.29) is 5.82 Å². The summed E-state index contributed by atoms with van der Waals surface area (Å²) >= 11 is 0. The second-order valence-corrected chi connectivity index (χ2v) is 4.28. The highest BCUT2D eigenvalue weighted by atomic mass is 19.1. The number of halogens is 1. The summed E-state index contributed by atoms with van der Waals surface area (Å²) in [6.45, 7) is 0. The lowest BCUT2D eigenvalue weighted by molar-refractivity contribution is -0.105. The fourth-order valence-electron chi connectivity index (χ4n) is 1.99. The molecule has 104 valence electrons. The Kier molecular flexibility index (Phi) is 3.42. The first-order valence-electron chi connectivity index (χ1n) is 6.25. The zero-order valence-electron chi connectivity index (χ0n) is 10.9. The van der Waals surface area contributed by atoms with Crippen LogP contribution in [0.1, 0.15) is 0 Å². The lowest BCUT2D eigenvalue weighted by atomic mass is 10.1. The van der Waals surface area contributed by atoms with Crippen molar-refractivity contribution in [1.82, 2.24) is 14.8 Å². The molecule has 2 heterocycles. The van der Waals surface area contributed by atoms with Gasteiger partial charge in [-0.1, -0.05) is 6.07 Å². The van der Waals surface area contributed by atoms with Gasteiger partial charge in [0.1, 0.15) is 5.82 Å². The first kappa shape index (κ1) is 13.0. The minimum absolute atomic E-state index is 0.311. The lowest BCUT2D eigenvalue weighted by Crippen LogP contribution is -2.02. The van der Waals surface area contributed by atoms with E-state index in [2.05, 4.69) is 15.4 Å². The first-order chi connectivity index (χ1) is 10.3. The zero-order valence-corrected chi connectivity index (χ0v) is 10.9. The minimum atomic E-state index is -0.311. The number of aromatic nitrogens is 3. The van der Waals surface area contributed by atoms with Crippen LogP contribution in [0.5, 0.6) is 0 Å². The van der Waals surface area contributed by atoms with Crippen LogP contribution in [0, 0.1) is 5.82 Å². The molecule has 3 aromatic rings. The van der Waals surface area contributed by atoms with Crippen molar-refractivity contribution in [3.8, 4) is 17.1 Å². The van der Waals surface area contributed by atoms with Gasteiger partial charge in [0.2, 0.25) is 6.41 Å². The number of hydrogen-bond donors (Lipinski definition) is 1. The van der Waals surface area contributed by atoms with Gasteiger partial charge in [0, 0.05) is 17.8 Å². The number of benzene rings is 1. The van der Waals surface area contributed by atoms with Crippen molar-refractivity contribution >= 4 is 12.2 Å². The fourth-order valence-corrected chi connectivity index (χ4v) is 1.99. The maximum atomic E-state index is 13.1. The highest BCUT2D eigenvalue weighted by Crippen LogP contribution is 2.25. The average Bonchev–Trinajstić information content (AvgIpc) is 2.93. The molecule has 0 aliphatic heterocycles. The van der Waals surface area contributed by atoms with Crippen molar-refractivity contribution in [1.29, 1.82) is 0 Å². The quantitative estimate of drug-likeness (QED) is 0.748. The van der Waals surface area contributed by atoms with Crippen LogP contribution in [0.15, 0.2) is 54.7 Å². The molecule has 5 nitrogen and oxygen atoms in total. The van der Waals surface area contributed by atoms with Crippen LogP contribution in [0.4, 0.5) is 10.2 Å². The van der Waals surface area contributed by atoms with Crippen LogP contribution >= 0.6 is 0 Å². The fraction of sp³-hybridized carbons (Fsp3) is 0. The molecule has 6 heteroatoms. The second-order valence-electron chi connectivity index (χ2n) is 4.28. The Morgan fingerprint density at radius 2 is 1.95 bits per heavy atom. The van der Waals surface area contributed by atoms with E-state index in [4.69, 9.17) is 0 Å². The van der Waals surface area contributed by atoms with Gasteiger partial charge in [-0.05, 0) is 36.4 Å². The molecule has 0 radical (unpaired) electrons. The highest BCUT2D eigenvalue weighted by Gasteiger charge is 2.12. The number of amides is 1. The maximum Gasteiger partial charge on any atom is 0.212 e. The number of anilines is 1. The molecule has 2 aromatic heterocycles. The molecular formula is C15H11FN4O. The van der Waals surface area contributed by atoms with Crippen LogP contribution in [-0.4, -0.2) is 21.2 Å². The van der Waals surface area contributed by atoms with Gasteiger partial charge < -0.3 is 5.32 Å². The molecule has 0 atom stereocenters. The summed E-state index contributed by atoms with van der Waals surface area (Å²) in [5, 5.41) is 6.79. The number of nitrogens with one attached hydrogen (secondary N) is 1. The molecule has 0 aliphatic rings. The summed E-state index contributed by atoms with van der Waals surface area (Å²) in [6, 6.07) is 13.2. The summed E-state index contributed by atoms with van der Waals surface area (Å²) in [5.74, 6) is 0.694. The highest BCUT2D eigenvalue weighted by molar-refractivity contribution is 5.73. The van der Waals surface area contributed by atoms with Gasteiger partial charge in [0.25, 0.3) is 0 Å². The number of pyridine rings is 1. The molecule has 1 aromatic carbocycles. The Balaban J connectivity index is 2.14. The van der Waals surface area contributed by atoms with Crippen LogP contribution in [0.2, 0.25) is 0 Å². The standard InChI is InChI=1S/C15H11FN4O/c16-12-6-4-11(5-7-12)13-9-14(18-10-21)19-20(13)15-3-1-2-8-17-15/h1-10H,(H,18,19,21). The van der Waals surface area contributed by atoms with E-state index in [1.54, 1.807) is 41.2 Å². The van der Waals surface area contributed by atoms with E-state index in [0.717, 1.165) is 5.56 Å². The van der Waals surface area contributed by atoms with Crippen molar-refractivity contribution in [2.24, 2.45) is 0 Å². The molecular weight excluding hydrogens is 271 g/mol. The van der Waals surface area contributed by atoms with Crippen molar-refractivity contribution in [3.63, 3.8) is 0 Å². The molecule has 0 fully saturated rings. The molecule has 0 saturated carbocycles. The predicted molar refractivity (Wildman–Crippen MR) is 76.4 cm³/mol. The van der Waals surface area contributed by atoms with Gasteiger partial charge in [-0.3, -0.25) is 4.79 Å². The van der Waals surface area contributed by atoms with Gasteiger partial charge in [-0.15, -0.1) is 5.10 Å². The Bertz CT molecular complexity index is 753. The molecule has 1 amide bonds. The van der Waals surface area contributed by atoms with Crippen molar-refractivity contribution in [3.05, 3.63) is 60.5 Å². The number of carbonyl (C=O) groups excluding carboxylic acids is 1. The summed E-state index contributed by atoms with van der Waals surface area (Å²) < 4.78 is 14.7. The van der Waals surface area contributed by atoms with Crippen molar-refractivity contribution in [2.45, 2.75) is 0 Å². The van der Waals surface area contributed by atoms with E-state index < -0.39 is 0 Å². The first-order valence-corrected chi connectivity index (χ1v) is 6.25. The van der Waals surface area contributed by atoms with Crippen LogP contribution in [0.3, 0.4) is 0 Å². The largest absolute Gasteiger partial charge is 0.312 e. The number of hydrogen-bond acceptors (Lipinski definition) is 3. The predicted octanol–water partition coefficient (Wildman–Crippen LogP) is 2.64. The number of rotatable bonds is 4. The molecule has 0 spiro atoms. The van der Waals surface area contributed by atoms with Crippen LogP contribution < -0.4 is 5.32 Å². The molecule has 0 aliphatic carbocycles. The maximum absolute atomic E-state index is 13.1. The third-order valence-corrected chi connectivity index (χ3v) is 2.92. The Morgan fingerprint density at radius 3 is 2.62 bits per heavy atom. The monoisotopic (exact) mass is 282 g/mol. The summed E-state index contributed by atoms with van der Waals surface area (Å²) in [5.41, 5.74) is 1.48. The normalized spacial score (nSPS) is 10.3. The second kappa shape index (κ2) is 5.54. The van der Waals surface area contributed by atoms with E-state index in [1.807, 2.05) is 6.07 Å². The summed E-state index contributed by atoms with van der Waals surface area (Å²) in [7, 11) is 0. The summed E-state index contributed by atoms with van der Waals surface area (Å²) in [4.78, 5) is 14.8. The van der Waals surface area contributed by atoms with Crippen LogP contribution in [-0.2, 0) is 4.79 Å². The van der Waals surface area contributed by atoms with Gasteiger partial charge in [-0.25, -0.2) is 14.1 Å². The molecule has 21 heavy (non-hydrogen) atoms. The summed E-state index contributed by atoms with van der Waals surface area (Å²) in [6.07, 6.45) is 2.21. The number of nitrogens with zero attached hydrogens (tertiary/aromatic N) is 3. The minimum Gasteiger partial charge on any atom is -0.312 e. The van der Waals surface area contributed by atoms with Crippen LogP contribution in [0.25, 0.3) is 17.1 Å². The molecule has 3 rings (SSSR count). The smallest absolute Gasteiger partial charge is 0.212 e. The molecule has 0 saturated heterocycles. The van der Waals surface area contributed by atoms with Gasteiger partial charge >= 0.3 is 0 Å². The van der Waals surface area contributed by atoms with Gasteiger partial charge in [-0.2, -0.15) is 0 Å². The van der Waals surface area contributed by atoms with Gasteiger partial charge in [0.15, 0.2) is 11.6 Å². The van der Waals surface area contributed by atoms with E-state index in [0.29, 0.717) is 23.7 Å². The van der Waals surface area contributed by atoms with Gasteiger partial charge in [0.05, 0.1) is 5.69 Å². The van der Waals surface area contributed by atoms with E-state index in [1.165, 1.54) is 12.1 Å². The third kappa shape index (κ3) is 2.64. The number of carbonyl (C=O) groups is 1. The molecule has 1 N–H and O–H groups in total. The average molecular weight is 282 g/mol. The molecule has 0 unspecified atom stereocenters. The van der Waals surface area contributed by atoms with Crippen molar-refractivity contribution in [2.75, 3.05) is 5.32 Å². The Morgan fingerprint density at radius 1 is 1.14 bits per heavy atom. The molecule has 0 bridgehead atoms. The lowest BCUT2D eigenvalue weighted by Gasteiger charge is -2.06. The van der Waals surface area contributed by atoms with E-state index in [9.17, 15) is 9.18 Å². The Labute approximate surface area is 120 Å². The Hall–Kier alpha value is -3.02. The van der Waals surface area contributed by atoms with E-state index >= 15 is 0 Å². The third-order valence-electron chi connectivity index (χ3n) is 2.92. The zero-order chi connectivity index (χ0) is 14.7. The van der Waals surface area contributed by atoms with Crippen molar-refractivity contribution < 1.29 is 9.18 Å².